The summed E-state index contributed by atoms with van der Waals surface area (Å²) in [5.74, 6) is 1.87. The lowest BCUT2D eigenvalue weighted by molar-refractivity contribution is 0.0989. The minimum atomic E-state index is 0.924. The number of hydrogen-bond acceptors (Lipinski definition) is 2. The number of piperazine rings is 1. The molecule has 2 nitrogen and oxygen atoms in total. The molecule has 0 spiro atoms. The zero-order valence-corrected chi connectivity index (χ0v) is 27.3. The average Bonchev–Trinajstić information content (AvgIpc) is 2.94. The molecule has 1 aliphatic rings. The molecule has 1 fully saturated rings. The van der Waals surface area contributed by atoms with Gasteiger partial charge in [0.25, 0.3) is 0 Å². The summed E-state index contributed by atoms with van der Waals surface area (Å²) in [6.07, 6.45) is 34.8. The summed E-state index contributed by atoms with van der Waals surface area (Å²) in [7, 11) is 0. The van der Waals surface area contributed by atoms with E-state index in [9.17, 15) is 0 Å². The van der Waals surface area contributed by atoms with Crippen LogP contribution in [0.15, 0.2) is 0 Å². The van der Waals surface area contributed by atoms with E-state index in [1.807, 2.05) is 0 Å². The Bertz CT molecular complexity index is 456. The summed E-state index contributed by atoms with van der Waals surface area (Å²) in [4.78, 5) is 5.63. The van der Waals surface area contributed by atoms with Crippen LogP contribution in [0.3, 0.4) is 0 Å². The second kappa shape index (κ2) is 27.1. The second-order valence-corrected chi connectivity index (χ2v) is 13.1. The number of hydrogen-bond donors (Lipinski definition) is 0. The van der Waals surface area contributed by atoms with Crippen molar-refractivity contribution in [2.75, 3.05) is 39.3 Å². The van der Waals surface area contributed by atoms with Crippen molar-refractivity contribution in [1.29, 1.82) is 0 Å². The molecule has 0 bridgehead atoms. The van der Waals surface area contributed by atoms with Gasteiger partial charge in [-0.2, -0.15) is 0 Å². The fraction of sp³-hybridized carbons (Fsp3) is 1.00. The van der Waals surface area contributed by atoms with Crippen LogP contribution in [-0.4, -0.2) is 49.1 Å². The largest absolute Gasteiger partial charge is 0.301 e. The van der Waals surface area contributed by atoms with Crippen molar-refractivity contribution in [1.82, 2.24) is 9.80 Å². The van der Waals surface area contributed by atoms with E-state index in [2.05, 4.69) is 37.5 Å². The molecule has 0 saturated carbocycles. The van der Waals surface area contributed by atoms with Gasteiger partial charge in [0.15, 0.2) is 0 Å². The minimum Gasteiger partial charge on any atom is -0.301 e. The van der Waals surface area contributed by atoms with E-state index in [0.29, 0.717) is 0 Å². The fourth-order valence-corrected chi connectivity index (χ4v) is 6.62. The van der Waals surface area contributed by atoms with Gasteiger partial charge in [0.1, 0.15) is 0 Å². The van der Waals surface area contributed by atoms with E-state index in [0.717, 1.165) is 11.8 Å². The lowest BCUT2D eigenvalue weighted by Gasteiger charge is -2.38. The first-order chi connectivity index (χ1) is 18.7. The van der Waals surface area contributed by atoms with Gasteiger partial charge in [0, 0.05) is 39.3 Å². The van der Waals surface area contributed by atoms with Crippen LogP contribution >= 0.6 is 0 Å². The Hall–Kier alpha value is -0.0800. The number of rotatable bonds is 28. The van der Waals surface area contributed by atoms with Crippen LogP contribution < -0.4 is 0 Å². The molecular weight excluding hydrogens is 460 g/mol. The summed E-state index contributed by atoms with van der Waals surface area (Å²) in [5, 5.41) is 0. The highest BCUT2D eigenvalue weighted by atomic mass is 15.3. The van der Waals surface area contributed by atoms with Crippen LogP contribution in [0.25, 0.3) is 0 Å². The highest BCUT2D eigenvalue weighted by Crippen LogP contribution is 2.22. The van der Waals surface area contributed by atoms with Gasteiger partial charge in [0.2, 0.25) is 0 Å². The van der Waals surface area contributed by atoms with Crippen molar-refractivity contribution in [3.63, 3.8) is 0 Å². The Balaban J connectivity index is 2.30. The van der Waals surface area contributed by atoms with Gasteiger partial charge in [0.05, 0.1) is 0 Å². The lowest BCUT2D eigenvalue weighted by atomic mass is 9.93. The average molecular weight is 535 g/mol. The Morgan fingerprint density at radius 1 is 0.368 bits per heavy atom. The van der Waals surface area contributed by atoms with Gasteiger partial charge in [-0.1, -0.05) is 163 Å². The standard InChI is InChI=1S/C36H74N2/c1-5-9-12-14-16-18-19-21-23-25-28-36(27-24-22-20-17-15-13-10-6-2)34-38-31-29-37(30-32-38)33-35(8-4)26-11-7-3/h35-36H,5-34H2,1-4H3. The summed E-state index contributed by atoms with van der Waals surface area (Å²) in [5.41, 5.74) is 0. The maximum Gasteiger partial charge on any atom is 0.0110 e. The maximum absolute atomic E-state index is 2.84. The van der Waals surface area contributed by atoms with Crippen LogP contribution in [0.5, 0.6) is 0 Å². The maximum atomic E-state index is 2.84. The van der Waals surface area contributed by atoms with E-state index in [1.165, 1.54) is 193 Å². The van der Waals surface area contributed by atoms with E-state index >= 15 is 0 Å². The Kier molecular flexibility index (Phi) is 25.6. The van der Waals surface area contributed by atoms with E-state index in [1.54, 1.807) is 0 Å². The van der Waals surface area contributed by atoms with Crippen molar-refractivity contribution in [2.24, 2.45) is 11.8 Å². The van der Waals surface area contributed by atoms with Crippen molar-refractivity contribution in [3.05, 3.63) is 0 Å². The second-order valence-electron chi connectivity index (χ2n) is 13.1. The van der Waals surface area contributed by atoms with E-state index in [4.69, 9.17) is 0 Å². The SMILES string of the molecule is CCCCCCCCCCCCC(CCCCCCCCCC)CN1CCN(CC(CC)CCCC)CC1. The monoisotopic (exact) mass is 535 g/mol. The highest BCUT2D eigenvalue weighted by Gasteiger charge is 2.21. The van der Waals surface area contributed by atoms with Crippen LogP contribution in [0.1, 0.15) is 182 Å². The molecule has 0 aliphatic carbocycles. The summed E-state index contributed by atoms with van der Waals surface area (Å²) >= 11 is 0. The first-order valence-corrected chi connectivity index (χ1v) is 18.2. The molecule has 2 atom stereocenters. The molecule has 0 aromatic rings. The van der Waals surface area contributed by atoms with Gasteiger partial charge in [-0.15, -0.1) is 0 Å². The molecule has 2 heteroatoms. The molecule has 38 heavy (non-hydrogen) atoms. The smallest absolute Gasteiger partial charge is 0.0110 e. The van der Waals surface area contributed by atoms with Crippen LogP contribution in [-0.2, 0) is 0 Å². The highest BCUT2D eigenvalue weighted by molar-refractivity contribution is 4.77. The van der Waals surface area contributed by atoms with Crippen molar-refractivity contribution < 1.29 is 0 Å². The summed E-state index contributed by atoms with van der Waals surface area (Å²) < 4.78 is 0. The topological polar surface area (TPSA) is 6.48 Å². The van der Waals surface area contributed by atoms with Crippen LogP contribution in [0, 0.1) is 11.8 Å². The zero-order valence-electron chi connectivity index (χ0n) is 27.3. The summed E-state index contributed by atoms with van der Waals surface area (Å²) in [6, 6.07) is 0. The van der Waals surface area contributed by atoms with Crippen LogP contribution in [0.2, 0.25) is 0 Å². The molecule has 2 unspecified atom stereocenters. The predicted molar refractivity (Wildman–Crippen MR) is 173 cm³/mol. The molecule has 0 radical (unpaired) electrons. The minimum absolute atomic E-state index is 0.924. The van der Waals surface area contributed by atoms with Gasteiger partial charge >= 0.3 is 0 Å². The van der Waals surface area contributed by atoms with Gasteiger partial charge in [-0.3, -0.25) is 0 Å². The third kappa shape index (κ3) is 20.8. The number of nitrogens with zero attached hydrogens (tertiary/aromatic N) is 2. The molecule has 1 heterocycles. The molecule has 1 aliphatic heterocycles. The first kappa shape index (κ1) is 35.9. The van der Waals surface area contributed by atoms with Crippen molar-refractivity contribution >= 4 is 0 Å². The lowest BCUT2D eigenvalue weighted by Crippen LogP contribution is -2.48. The molecule has 0 amide bonds. The van der Waals surface area contributed by atoms with E-state index < -0.39 is 0 Å². The molecule has 0 aromatic heterocycles. The Morgan fingerprint density at radius 3 is 1.05 bits per heavy atom. The quantitative estimate of drug-likeness (QED) is 0.0921. The molecule has 1 saturated heterocycles. The Morgan fingerprint density at radius 2 is 0.684 bits per heavy atom. The van der Waals surface area contributed by atoms with Crippen molar-refractivity contribution in [3.8, 4) is 0 Å². The molecule has 0 N–H and O–H groups in total. The molecule has 0 aromatic carbocycles. The fourth-order valence-electron chi connectivity index (χ4n) is 6.62. The van der Waals surface area contributed by atoms with Crippen LogP contribution in [0.4, 0.5) is 0 Å². The van der Waals surface area contributed by atoms with Gasteiger partial charge < -0.3 is 9.80 Å². The third-order valence-electron chi connectivity index (χ3n) is 9.47. The van der Waals surface area contributed by atoms with Crippen molar-refractivity contribution in [2.45, 2.75) is 182 Å². The number of unbranched alkanes of at least 4 members (excludes halogenated alkanes) is 17. The molecule has 1 rings (SSSR count). The summed E-state index contributed by atoms with van der Waals surface area (Å²) in [6.45, 7) is 17.4. The molecular formula is C36H74N2. The first-order valence-electron chi connectivity index (χ1n) is 18.2. The van der Waals surface area contributed by atoms with Gasteiger partial charge in [-0.25, -0.2) is 0 Å². The normalized spacial score (nSPS) is 16.7. The van der Waals surface area contributed by atoms with E-state index in [-0.39, 0.29) is 0 Å². The zero-order chi connectivity index (χ0) is 27.5. The predicted octanol–water partition coefficient (Wildman–Crippen LogP) is 11.3. The molecule has 228 valence electrons. The van der Waals surface area contributed by atoms with Gasteiger partial charge in [-0.05, 0) is 31.1 Å². The third-order valence-corrected chi connectivity index (χ3v) is 9.47. The Labute approximate surface area is 242 Å².